The molecular formula is C14H10F3N3S. The summed E-state index contributed by atoms with van der Waals surface area (Å²) in [6, 6.07) is 6.74. The van der Waals surface area contributed by atoms with Crippen LogP contribution in [0.5, 0.6) is 0 Å². The standard InChI is InChI=1S/C14H10F3N3S/c1-9-8-21-13(20-9)10(6-18)7-19-12-4-2-3-11(5-12)14(15,16)17/h2-5,7-8,19H,1H3/b10-7+. The minimum atomic E-state index is -4.40. The van der Waals surface area contributed by atoms with E-state index in [4.69, 9.17) is 5.26 Å². The van der Waals surface area contributed by atoms with Gasteiger partial charge in [-0.25, -0.2) is 4.98 Å². The van der Waals surface area contributed by atoms with E-state index in [0.29, 0.717) is 5.01 Å². The van der Waals surface area contributed by atoms with Crippen molar-refractivity contribution in [2.24, 2.45) is 0 Å². The number of hydrogen-bond acceptors (Lipinski definition) is 4. The van der Waals surface area contributed by atoms with Crippen molar-refractivity contribution in [3.63, 3.8) is 0 Å². The van der Waals surface area contributed by atoms with Crippen LogP contribution in [0.4, 0.5) is 18.9 Å². The first-order valence-corrected chi connectivity index (χ1v) is 6.74. The lowest BCUT2D eigenvalue weighted by molar-refractivity contribution is -0.137. The van der Waals surface area contributed by atoms with Crippen molar-refractivity contribution in [3.05, 3.63) is 52.1 Å². The van der Waals surface area contributed by atoms with Crippen molar-refractivity contribution < 1.29 is 13.2 Å². The minimum Gasteiger partial charge on any atom is -0.360 e. The zero-order valence-corrected chi connectivity index (χ0v) is 11.7. The summed E-state index contributed by atoms with van der Waals surface area (Å²) in [5.74, 6) is 0. The number of anilines is 1. The molecule has 1 aromatic heterocycles. The van der Waals surface area contributed by atoms with Gasteiger partial charge in [0.2, 0.25) is 0 Å². The van der Waals surface area contributed by atoms with Gasteiger partial charge in [-0.1, -0.05) is 6.07 Å². The van der Waals surface area contributed by atoms with Crippen molar-refractivity contribution in [1.82, 2.24) is 4.98 Å². The molecule has 1 N–H and O–H groups in total. The SMILES string of the molecule is Cc1csc(/C(C#N)=C/Nc2cccc(C(F)(F)F)c2)n1. The molecule has 0 unspecified atom stereocenters. The minimum absolute atomic E-state index is 0.255. The highest BCUT2D eigenvalue weighted by molar-refractivity contribution is 7.10. The maximum atomic E-state index is 12.6. The van der Waals surface area contributed by atoms with Crippen LogP contribution in [0.3, 0.4) is 0 Å². The molecule has 0 radical (unpaired) electrons. The summed E-state index contributed by atoms with van der Waals surface area (Å²) in [6.45, 7) is 1.80. The molecule has 0 saturated carbocycles. The number of nitriles is 1. The van der Waals surface area contributed by atoms with Gasteiger partial charge >= 0.3 is 6.18 Å². The lowest BCUT2D eigenvalue weighted by atomic mass is 10.2. The van der Waals surface area contributed by atoms with Crippen LogP contribution in [0, 0.1) is 18.3 Å². The number of benzene rings is 1. The van der Waals surface area contributed by atoms with Gasteiger partial charge in [0, 0.05) is 23.0 Å². The molecule has 2 aromatic rings. The number of halogens is 3. The van der Waals surface area contributed by atoms with Crippen molar-refractivity contribution in [2.75, 3.05) is 5.32 Å². The molecule has 7 heteroatoms. The van der Waals surface area contributed by atoms with Gasteiger partial charge in [-0.3, -0.25) is 0 Å². The van der Waals surface area contributed by atoms with Crippen molar-refractivity contribution >= 4 is 22.6 Å². The summed E-state index contributed by atoms with van der Waals surface area (Å²) in [5, 5.41) is 14.1. The van der Waals surface area contributed by atoms with E-state index in [1.54, 1.807) is 12.3 Å². The molecule has 0 amide bonds. The number of nitrogens with zero attached hydrogens (tertiary/aromatic N) is 2. The Morgan fingerprint density at radius 2 is 2.19 bits per heavy atom. The van der Waals surface area contributed by atoms with Gasteiger partial charge in [-0.2, -0.15) is 18.4 Å². The number of thiazole rings is 1. The first kappa shape index (κ1) is 15.1. The zero-order valence-electron chi connectivity index (χ0n) is 10.9. The van der Waals surface area contributed by atoms with Gasteiger partial charge in [0.1, 0.15) is 16.6 Å². The third kappa shape index (κ3) is 3.83. The lowest BCUT2D eigenvalue weighted by Crippen LogP contribution is -2.05. The molecule has 0 spiro atoms. The third-order valence-electron chi connectivity index (χ3n) is 2.54. The molecule has 0 aliphatic carbocycles. The second-order valence-electron chi connectivity index (χ2n) is 4.19. The number of aromatic nitrogens is 1. The maximum absolute atomic E-state index is 12.6. The Morgan fingerprint density at radius 1 is 1.43 bits per heavy atom. The smallest absolute Gasteiger partial charge is 0.360 e. The number of nitrogens with one attached hydrogen (secondary N) is 1. The lowest BCUT2D eigenvalue weighted by Gasteiger charge is -2.08. The van der Waals surface area contributed by atoms with Crippen LogP contribution in [0.15, 0.2) is 35.8 Å². The number of aryl methyl sites for hydroxylation is 1. The molecule has 0 fully saturated rings. The highest BCUT2D eigenvalue weighted by Crippen LogP contribution is 2.30. The first-order chi connectivity index (χ1) is 9.90. The van der Waals surface area contributed by atoms with Crippen LogP contribution in [0.25, 0.3) is 5.57 Å². The average Bonchev–Trinajstić information content (AvgIpc) is 2.85. The topological polar surface area (TPSA) is 48.7 Å². The second kappa shape index (κ2) is 5.97. The highest BCUT2D eigenvalue weighted by Gasteiger charge is 2.30. The van der Waals surface area contributed by atoms with Gasteiger partial charge in [-0.05, 0) is 25.1 Å². The van der Waals surface area contributed by atoms with E-state index in [2.05, 4.69) is 10.3 Å². The van der Waals surface area contributed by atoms with Crippen LogP contribution in [-0.4, -0.2) is 4.98 Å². The Labute approximate surface area is 123 Å². The maximum Gasteiger partial charge on any atom is 0.416 e. The van der Waals surface area contributed by atoms with E-state index >= 15 is 0 Å². The second-order valence-corrected chi connectivity index (χ2v) is 5.04. The van der Waals surface area contributed by atoms with Crippen molar-refractivity contribution in [1.29, 1.82) is 5.26 Å². The third-order valence-corrected chi connectivity index (χ3v) is 3.54. The fraction of sp³-hybridized carbons (Fsp3) is 0.143. The molecule has 0 aliphatic heterocycles. The Morgan fingerprint density at radius 3 is 2.76 bits per heavy atom. The average molecular weight is 309 g/mol. The van der Waals surface area contributed by atoms with Crippen molar-refractivity contribution in [3.8, 4) is 6.07 Å². The predicted octanol–water partition coefficient (Wildman–Crippen LogP) is 4.45. The molecule has 2 rings (SSSR count). The van der Waals surface area contributed by atoms with Crippen LogP contribution < -0.4 is 5.32 Å². The quantitative estimate of drug-likeness (QED) is 0.852. The molecule has 0 saturated heterocycles. The number of allylic oxidation sites excluding steroid dienone is 1. The van der Waals surface area contributed by atoms with Crippen molar-refractivity contribution in [2.45, 2.75) is 13.1 Å². The largest absolute Gasteiger partial charge is 0.416 e. The van der Waals surface area contributed by atoms with E-state index < -0.39 is 11.7 Å². The van der Waals surface area contributed by atoms with E-state index in [1.807, 2.05) is 6.07 Å². The van der Waals surface area contributed by atoms with Gasteiger partial charge in [0.05, 0.1) is 5.56 Å². The van der Waals surface area contributed by atoms with E-state index in [-0.39, 0.29) is 11.3 Å². The summed E-state index contributed by atoms with van der Waals surface area (Å²) in [5.41, 5.74) is 0.566. The van der Waals surface area contributed by atoms with Crippen LogP contribution in [0.1, 0.15) is 16.3 Å². The van der Waals surface area contributed by atoms with Gasteiger partial charge in [-0.15, -0.1) is 11.3 Å². The molecular weight excluding hydrogens is 299 g/mol. The summed E-state index contributed by atoms with van der Waals surface area (Å²) in [4.78, 5) is 4.16. The fourth-order valence-electron chi connectivity index (χ4n) is 1.56. The Bertz CT molecular complexity index is 711. The highest BCUT2D eigenvalue weighted by atomic mass is 32.1. The zero-order chi connectivity index (χ0) is 15.5. The number of alkyl halides is 3. The summed E-state index contributed by atoms with van der Waals surface area (Å²) in [7, 11) is 0. The Balaban J connectivity index is 2.22. The summed E-state index contributed by atoms with van der Waals surface area (Å²) in [6.07, 6.45) is -3.04. The summed E-state index contributed by atoms with van der Waals surface area (Å²) < 4.78 is 37.8. The molecule has 1 aromatic carbocycles. The van der Waals surface area contributed by atoms with Crippen LogP contribution in [0.2, 0.25) is 0 Å². The van der Waals surface area contributed by atoms with Gasteiger partial charge < -0.3 is 5.32 Å². The Hall–Kier alpha value is -2.33. The number of rotatable bonds is 3. The van der Waals surface area contributed by atoms with Crippen LogP contribution in [-0.2, 0) is 6.18 Å². The summed E-state index contributed by atoms with van der Waals surface area (Å²) >= 11 is 1.30. The van der Waals surface area contributed by atoms with E-state index in [0.717, 1.165) is 17.8 Å². The van der Waals surface area contributed by atoms with E-state index in [9.17, 15) is 13.2 Å². The normalized spacial score (nSPS) is 12.0. The number of hydrogen-bond donors (Lipinski definition) is 1. The molecule has 0 atom stereocenters. The first-order valence-electron chi connectivity index (χ1n) is 5.86. The molecule has 21 heavy (non-hydrogen) atoms. The van der Waals surface area contributed by atoms with Crippen LogP contribution >= 0.6 is 11.3 Å². The van der Waals surface area contributed by atoms with Gasteiger partial charge in [0.15, 0.2) is 0 Å². The monoisotopic (exact) mass is 309 g/mol. The fourth-order valence-corrected chi connectivity index (χ4v) is 2.32. The Kier molecular flexibility index (Phi) is 4.29. The molecule has 1 heterocycles. The molecule has 0 aliphatic rings. The molecule has 3 nitrogen and oxygen atoms in total. The molecule has 108 valence electrons. The van der Waals surface area contributed by atoms with E-state index in [1.165, 1.54) is 29.7 Å². The molecule has 0 bridgehead atoms. The predicted molar refractivity (Wildman–Crippen MR) is 75.5 cm³/mol. The van der Waals surface area contributed by atoms with Gasteiger partial charge in [0.25, 0.3) is 0 Å².